The predicted octanol–water partition coefficient (Wildman–Crippen LogP) is 9.00. The summed E-state index contributed by atoms with van der Waals surface area (Å²) in [4.78, 5) is 41.5. The van der Waals surface area contributed by atoms with Crippen LogP contribution in [0.2, 0.25) is 0 Å². The van der Waals surface area contributed by atoms with E-state index < -0.39 is 16.3 Å². The van der Waals surface area contributed by atoms with Crippen LogP contribution in [-0.4, -0.2) is 27.6 Å². The van der Waals surface area contributed by atoms with Gasteiger partial charge in [-0.25, -0.2) is 4.99 Å². The Hall–Kier alpha value is -2.57. The van der Waals surface area contributed by atoms with Crippen LogP contribution >= 0.6 is 0 Å². The summed E-state index contributed by atoms with van der Waals surface area (Å²) in [7, 11) is 0. The highest BCUT2D eigenvalue weighted by Gasteiger charge is 2.72. The number of nitro groups is 1. The lowest BCUT2D eigenvalue weighted by atomic mass is 9.32. The molecule has 7 nitrogen and oxygen atoms in total. The number of aliphatic carboxylic acids is 1. The molecule has 240 valence electrons. The van der Waals surface area contributed by atoms with Crippen molar-refractivity contribution in [1.29, 1.82) is 0 Å². The number of carboxylic acids is 1. The van der Waals surface area contributed by atoms with Crippen LogP contribution in [0.1, 0.15) is 123 Å². The third-order valence-corrected chi connectivity index (χ3v) is 15.1. The van der Waals surface area contributed by atoms with Gasteiger partial charge in [0.1, 0.15) is 0 Å². The van der Waals surface area contributed by atoms with Crippen LogP contribution in [0.5, 0.6) is 0 Å². The molecule has 0 unspecified atom stereocenters. The number of carbonyl (C=O) groups is 2. The lowest BCUT2D eigenvalue weighted by Crippen LogP contribution is -2.66. The Kier molecular flexibility index (Phi) is 7.30. The van der Waals surface area contributed by atoms with Crippen LogP contribution in [0.15, 0.2) is 29.3 Å². The molecule has 44 heavy (non-hydrogen) atoms. The maximum atomic E-state index is 13.2. The highest BCUT2D eigenvalue weighted by molar-refractivity contribution is 6.06. The van der Waals surface area contributed by atoms with E-state index in [9.17, 15) is 24.8 Å². The van der Waals surface area contributed by atoms with Crippen LogP contribution in [0, 0.1) is 72.7 Å². The van der Waals surface area contributed by atoms with Gasteiger partial charge in [0.15, 0.2) is 0 Å². The molecule has 5 aliphatic carbocycles. The van der Waals surface area contributed by atoms with Gasteiger partial charge in [0, 0.05) is 28.8 Å². The highest BCUT2D eigenvalue weighted by Crippen LogP contribution is 2.77. The Morgan fingerprint density at radius 3 is 2.18 bits per heavy atom. The molecule has 1 aromatic carbocycles. The van der Waals surface area contributed by atoms with E-state index >= 15 is 0 Å². The summed E-state index contributed by atoms with van der Waals surface area (Å²) >= 11 is 0. The fourth-order valence-electron chi connectivity index (χ4n) is 12.7. The van der Waals surface area contributed by atoms with Gasteiger partial charge < -0.3 is 5.11 Å². The summed E-state index contributed by atoms with van der Waals surface area (Å²) in [6.45, 7) is 16.8. The van der Waals surface area contributed by atoms with Gasteiger partial charge in [0.2, 0.25) is 0 Å². The average Bonchev–Trinajstić information content (AvgIpc) is 3.36. The Morgan fingerprint density at radius 1 is 0.886 bits per heavy atom. The maximum Gasteiger partial charge on any atom is 0.309 e. The van der Waals surface area contributed by atoms with E-state index in [1.807, 2.05) is 0 Å². The Morgan fingerprint density at radius 2 is 1.57 bits per heavy atom. The van der Waals surface area contributed by atoms with E-state index in [-0.39, 0.29) is 39.2 Å². The van der Waals surface area contributed by atoms with Crippen molar-refractivity contribution in [2.24, 2.45) is 67.6 Å². The number of carbonyl (C=O) groups excluding carboxylic acids is 1. The summed E-state index contributed by atoms with van der Waals surface area (Å²) in [6.07, 6.45) is 10.0. The molecular formula is C37H52N2O5. The first-order valence-electron chi connectivity index (χ1n) is 17.1. The summed E-state index contributed by atoms with van der Waals surface area (Å²) < 4.78 is 0. The molecular weight excluding hydrogens is 552 g/mol. The van der Waals surface area contributed by atoms with Crippen molar-refractivity contribution in [3.63, 3.8) is 0 Å². The van der Waals surface area contributed by atoms with E-state index in [1.54, 1.807) is 0 Å². The number of fused-ring (bicyclic) bond motifs is 7. The monoisotopic (exact) mass is 604 g/mol. The molecule has 5 aliphatic rings. The number of benzene rings is 1. The highest BCUT2D eigenvalue weighted by atomic mass is 16.6. The van der Waals surface area contributed by atoms with E-state index in [0.29, 0.717) is 35.2 Å². The first-order valence-corrected chi connectivity index (χ1v) is 17.1. The second-order valence-electron chi connectivity index (χ2n) is 17.0. The van der Waals surface area contributed by atoms with Gasteiger partial charge in [-0.15, -0.1) is 0 Å². The predicted molar refractivity (Wildman–Crippen MR) is 171 cm³/mol. The zero-order valence-corrected chi connectivity index (χ0v) is 27.8. The van der Waals surface area contributed by atoms with Crippen LogP contribution in [0.3, 0.4) is 0 Å². The summed E-state index contributed by atoms with van der Waals surface area (Å²) in [5.74, 6) is 1.82. The average molecular weight is 605 g/mol. The normalized spacial score (nSPS) is 43.5. The summed E-state index contributed by atoms with van der Waals surface area (Å²) in [5.41, 5.74) is 0.923. The number of hydrogen-bond donors (Lipinski definition) is 1. The number of rotatable bonds is 4. The van der Waals surface area contributed by atoms with E-state index in [2.05, 4.69) is 48.5 Å². The number of nitro benzene ring substituents is 1. The van der Waals surface area contributed by atoms with Crippen molar-refractivity contribution in [3.05, 3.63) is 39.9 Å². The molecule has 0 spiro atoms. The maximum absolute atomic E-state index is 13.2. The molecule has 0 saturated heterocycles. The Labute approximate surface area is 262 Å². The fourth-order valence-corrected chi connectivity index (χ4v) is 12.7. The third-order valence-electron chi connectivity index (χ3n) is 15.1. The quantitative estimate of drug-likeness (QED) is 0.272. The topological polar surface area (TPSA) is 110 Å². The van der Waals surface area contributed by atoms with Crippen molar-refractivity contribution in [2.45, 2.75) is 113 Å². The Bertz CT molecular complexity index is 1400. The second-order valence-corrected chi connectivity index (χ2v) is 17.0. The molecule has 1 amide bonds. The van der Waals surface area contributed by atoms with Crippen LogP contribution < -0.4 is 0 Å². The molecule has 0 aromatic heterocycles. The minimum Gasteiger partial charge on any atom is -0.481 e. The molecule has 0 aliphatic heterocycles. The lowest BCUT2D eigenvalue weighted by molar-refractivity contribution is -0.384. The molecule has 5 fully saturated rings. The molecule has 5 saturated carbocycles. The van der Waals surface area contributed by atoms with Crippen molar-refractivity contribution in [2.75, 3.05) is 0 Å². The van der Waals surface area contributed by atoms with Gasteiger partial charge in [0.25, 0.3) is 11.6 Å². The Balaban J connectivity index is 1.30. The molecule has 0 bridgehead atoms. The van der Waals surface area contributed by atoms with Gasteiger partial charge in [-0.2, -0.15) is 0 Å². The van der Waals surface area contributed by atoms with Gasteiger partial charge in [0.05, 0.1) is 10.3 Å². The third kappa shape index (κ3) is 4.15. The summed E-state index contributed by atoms with van der Waals surface area (Å²) in [5, 5.41) is 21.7. The van der Waals surface area contributed by atoms with Crippen molar-refractivity contribution in [3.8, 4) is 0 Å². The molecule has 7 heteroatoms. The van der Waals surface area contributed by atoms with Gasteiger partial charge in [-0.1, -0.05) is 48.5 Å². The number of amides is 1. The molecule has 9 atom stereocenters. The second kappa shape index (κ2) is 10.2. The number of carboxylic acid groups (broad SMARTS) is 1. The van der Waals surface area contributed by atoms with Gasteiger partial charge >= 0.3 is 5.97 Å². The number of hydrogen-bond acceptors (Lipinski definition) is 4. The standard InChI is InChI=1S/C37H52N2O5/c1-22(2)25-14-19-37(32(41)42)21-20-35(6)26(30(25)37)12-13-28-34(5)17-16-29(33(3,4)27(34)15-18-36(28,35)7)38-31(40)23-8-10-24(11-9-23)39(43)44/h8-11,22,25-28,30H,12-21H2,1-7H3,(H,41,42)/t25-,26-,27+,28-,30-,34+,35-,36-,37+/m1/s1. The molecule has 1 N–H and O–H groups in total. The molecule has 1 aromatic rings. The first-order chi connectivity index (χ1) is 20.5. The molecule has 0 heterocycles. The number of nitrogens with zero attached hydrogens (tertiary/aromatic N) is 2. The zero-order valence-electron chi connectivity index (χ0n) is 27.8. The molecule has 6 rings (SSSR count). The van der Waals surface area contributed by atoms with Crippen LogP contribution in [0.4, 0.5) is 5.69 Å². The van der Waals surface area contributed by atoms with Crippen molar-refractivity contribution in [1.82, 2.24) is 0 Å². The van der Waals surface area contributed by atoms with Crippen LogP contribution in [0.25, 0.3) is 0 Å². The van der Waals surface area contributed by atoms with Crippen molar-refractivity contribution >= 4 is 23.3 Å². The van der Waals surface area contributed by atoms with Gasteiger partial charge in [-0.05, 0) is 128 Å². The number of non-ortho nitro benzene ring substituents is 1. The van der Waals surface area contributed by atoms with E-state index in [4.69, 9.17) is 4.99 Å². The van der Waals surface area contributed by atoms with E-state index in [1.165, 1.54) is 24.3 Å². The number of aliphatic imine (C=N–C) groups is 1. The van der Waals surface area contributed by atoms with Crippen molar-refractivity contribution < 1.29 is 19.6 Å². The summed E-state index contributed by atoms with van der Waals surface area (Å²) in [6, 6.07) is 5.76. The first kappa shape index (κ1) is 31.4. The smallest absolute Gasteiger partial charge is 0.309 e. The van der Waals surface area contributed by atoms with Gasteiger partial charge in [-0.3, -0.25) is 19.7 Å². The minimum atomic E-state index is -0.544. The lowest BCUT2D eigenvalue weighted by Gasteiger charge is -2.72. The zero-order chi connectivity index (χ0) is 32.0. The SMILES string of the molecule is CC(C)[C@H]1CC[C@]2(C(=O)O)CC[C@]3(C)[C@H](CC[C@@H]4[C@@]5(C)CCC(=NC(=O)c6ccc([N+](=O)[O-])cc6)C(C)(C)[C@@H]5CC[C@]43C)[C@@H]12. The minimum absolute atomic E-state index is 0.0316. The van der Waals surface area contributed by atoms with E-state index in [0.717, 1.165) is 69.9 Å². The largest absolute Gasteiger partial charge is 0.481 e. The molecule has 0 radical (unpaired) electrons. The van der Waals surface area contributed by atoms with Crippen LogP contribution in [-0.2, 0) is 4.79 Å². The fraction of sp³-hybridized carbons (Fsp3) is 0.757.